The van der Waals surface area contributed by atoms with Crippen LogP contribution in [0.15, 0.2) is 54.6 Å². The van der Waals surface area contributed by atoms with Gasteiger partial charge in [-0.1, -0.05) is 24.3 Å². The van der Waals surface area contributed by atoms with Crippen molar-refractivity contribution in [2.24, 2.45) is 5.73 Å². The second kappa shape index (κ2) is 14.1. The van der Waals surface area contributed by atoms with Crippen LogP contribution < -0.4 is 10.5 Å². The summed E-state index contributed by atoms with van der Waals surface area (Å²) in [4.78, 5) is 56.2. The lowest BCUT2D eigenvalue weighted by Gasteiger charge is -2.39. The Bertz CT molecular complexity index is 1680. The predicted octanol–water partition coefficient (Wildman–Crippen LogP) is 1.17. The lowest BCUT2D eigenvalue weighted by atomic mass is 9.99. The van der Waals surface area contributed by atoms with Crippen LogP contribution in [0.1, 0.15) is 21.5 Å². The van der Waals surface area contributed by atoms with Crippen LogP contribution in [0.4, 0.5) is 23.2 Å². The number of aliphatic hydroxyl groups excluding tert-OH is 4. The highest BCUT2D eigenvalue weighted by Crippen LogP contribution is 2.61. The predicted molar refractivity (Wildman–Crippen MR) is 152 cm³/mol. The average molecular weight is 732 g/mol. The van der Waals surface area contributed by atoms with Crippen LogP contribution in [-0.2, 0) is 25.2 Å². The molecular weight excluding hydrogens is 706 g/mol. The lowest BCUT2D eigenvalue weighted by Crippen LogP contribution is -2.60. The second-order valence-corrected chi connectivity index (χ2v) is 13.4. The van der Waals surface area contributed by atoms with Crippen LogP contribution in [0.3, 0.4) is 0 Å². The molecule has 10 N–H and O–H groups in total. The van der Waals surface area contributed by atoms with Crippen molar-refractivity contribution in [2.75, 3.05) is 6.61 Å². The molecule has 17 nitrogen and oxygen atoms in total. The zero-order chi connectivity index (χ0) is 36.6. The number of nitrogens with zero attached hydrogens (tertiary/aromatic N) is 1. The Morgan fingerprint density at radius 1 is 0.854 bits per heavy atom. The normalized spacial score (nSPS) is 22.0. The summed E-state index contributed by atoms with van der Waals surface area (Å²) in [6.45, 7) is -0.660. The second-order valence-electron chi connectivity index (χ2n) is 10.1. The Balaban J connectivity index is 0.000000260. The van der Waals surface area contributed by atoms with Crippen molar-refractivity contribution in [1.29, 1.82) is 0 Å². The SMILES string of the molecule is NC(=O)c1cc(O[C@H]2O[C@H](CO)[C@H](O)[C@H](O)[C@H]2O)cc([N+](=O)[O-])c1.O=P(O)(O)C(F)(F)c1ccc2ccc(C(F)(F)P(=O)(O)O)cc2c1. The molecule has 1 heterocycles. The number of aliphatic hydroxyl groups is 4. The number of nitro groups is 1. The summed E-state index contributed by atoms with van der Waals surface area (Å²) in [5.74, 6) is -1.15. The third-order valence-electron chi connectivity index (χ3n) is 6.75. The number of non-ortho nitro benzene ring substituents is 1. The van der Waals surface area contributed by atoms with Crippen molar-refractivity contribution >= 4 is 37.6 Å². The van der Waals surface area contributed by atoms with Gasteiger partial charge in [-0.05, 0) is 29.0 Å². The molecule has 23 heteroatoms. The molecule has 1 aliphatic heterocycles. The van der Waals surface area contributed by atoms with E-state index in [4.69, 9.17) is 39.9 Å². The molecule has 1 saturated heterocycles. The summed E-state index contributed by atoms with van der Waals surface area (Å²) in [7, 11) is -11.7. The minimum atomic E-state index is -5.85. The molecule has 0 aromatic heterocycles. The molecule has 3 aromatic carbocycles. The molecule has 1 aliphatic rings. The number of benzene rings is 3. The van der Waals surface area contributed by atoms with E-state index < -0.39 is 91.5 Å². The number of carbonyl (C=O) groups is 1. The molecular formula is C25H26F4N2O15P2. The van der Waals surface area contributed by atoms with E-state index in [1.807, 2.05) is 0 Å². The van der Waals surface area contributed by atoms with E-state index in [1.165, 1.54) is 0 Å². The topological polar surface area (TPSA) is 301 Å². The third-order valence-corrected chi connectivity index (χ3v) is 8.73. The number of halogens is 4. The number of rotatable bonds is 9. The maximum absolute atomic E-state index is 13.7. The van der Waals surface area contributed by atoms with Gasteiger partial charge in [0.15, 0.2) is 0 Å². The van der Waals surface area contributed by atoms with Gasteiger partial charge in [-0.3, -0.25) is 24.0 Å². The number of nitrogens with two attached hydrogens (primary N) is 1. The van der Waals surface area contributed by atoms with Crippen LogP contribution in [0.5, 0.6) is 5.75 Å². The maximum atomic E-state index is 13.7. The van der Waals surface area contributed by atoms with E-state index in [2.05, 4.69) is 0 Å². The van der Waals surface area contributed by atoms with Crippen molar-refractivity contribution in [2.45, 2.75) is 42.0 Å². The molecule has 5 atom stereocenters. The summed E-state index contributed by atoms with van der Waals surface area (Å²) in [5.41, 5.74) is -6.89. The van der Waals surface area contributed by atoms with E-state index in [0.717, 1.165) is 42.5 Å². The fourth-order valence-electron chi connectivity index (χ4n) is 4.16. The molecule has 0 spiro atoms. The summed E-state index contributed by atoms with van der Waals surface area (Å²) in [6, 6.07) is 7.65. The first-order valence-electron chi connectivity index (χ1n) is 12.9. The first-order chi connectivity index (χ1) is 21.9. The van der Waals surface area contributed by atoms with E-state index in [9.17, 15) is 56.9 Å². The molecule has 0 aliphatic carbocycles. The largest absolute Gasteiger partial charge is 0.462 e. The summed E-state index contributed by atoms with van der Waals surface area (Å²) < 4.78 is 86.8. The van der Waals surface area contributed by atoms with Gasteiger partial charge in [-0.15, -0.1) is 0 Å². The van der Waals surface area contributed by atoms with Crippen molar-refractivity contribution in [3.05, 3.63) is 81.4 Å². The monoisotopic (exact) mass is 732 g/mol. The molecule has 0 saturated carbocycles. The molecule has 4 rings (SSSR count). The van der Waals surface area contributed by atoms with Gasteiger partial charge < -0.3 is 55.2 Å². The summed E-state index contributed by atoms with van der Waals surface area (Å²) in [5, 5.41) is 49.1. The van der Waals surface area contributed by atoms with Crippen LogP contribution in [0.25, 0.3) is 10.8 Å². The number of hydrogen-bond acceptors (Lipinski definition) is 11. The number of amides is 1. The lowest BCUT2D eigenvalue weighted by molar-refractivity contribution is -0.385. The first-order valence-corrected chi connectivity index (χ1v) is 16.1. The average Bonchev–Trinajstić information content (AvgIpc) is 2.99. The van der Waals surface area contributed by atoms with Gasteiger partial charge in [0.05, 0.1) is 17.6 Å². The number of alkyl halides is 4. The van der Waals surface area contributed by atoms with Gasteiger partial charge in [0, 0.05) is 22.8 Å². The van der Waals surface area contributed by atoms with Gasteiger partial charge >= 0.3 is 26.5 Å². The Labute approximate surface area is 265 Å². The van der Waals surface area contributed by atoms with Crippen LogP contribution >= 0.6 is 15.2 Å². The Morgan fingerprint density at radius 3 is 1.77 bits per heavy atom. The van der Waals surface area contributed by atoms with Gasteiger partial charge in [-0.2, -0.15) is 17.6 Å². The van der Waals surface area contributed by atoms with Crippen molar-refractivity contribution in [1.82, 2.24) is 0 Å². The van der Waals surface area contributed by atoms with E-state index in [-0.39, 0.29) is 22.1 Å². The first kappa shape index (κ1) is 38.9. The molecule has 0 unspecified atom stereocenters. The Morgan fingerprint density at radius 2 is 1.35 bits per heavy atom. The highest BCUT2D eigenvalue weighted by atomic mass is 31.2. The minimum absolute atomic E-state index is 0.158. The molecule has 48 heavy (non-hydrogen) atoms. The fraction of sp³-hybridized carbons (Fsp3) is 0.320. The maximum Gasteiger partial charge on any atom is 0.399 e. The van der Waals surface area contributed by atoms with Gasteiger partial charge in [0.25, 0.3) is 5.69 Å². The summed E-state index contributed by atoms with van der Waals surface area (Å²) in [6.07, 6.45) is -7.68. The summed E-state index contributed by atoms with van der Waals surface area (Å²) >= 11 is 0. The highest BCUT2D eigenvalue weighted by Gasteiger charge is 2.52. The quantitative estimate of drug-likeness (QED) is 0.0646. The van der Waals surface area contributed by atoms with Gasteiger partial charge in [0.1, 0.15) is 30.2 Å². The van der Waals surface area contributed by atoms with Crippen LogP contribution in [0, 0.1) is 10.1 Å². The molecule has 1 fully saturated rings. The fourth-order valence-corrected chi connectivity index (χ4v) is 5.11. The van der Waals surface area contributed by atoms with Crippen molar-refractivity contribution in [3.8, 4) is 5.75 Å². The van der Waals surface area contributed by atoms with E-state index in [0.29, 0.717) is 12.1 Å². The smallest absolute Gasteiger partial charge is 0.399 e. The van der Waals surface area contributed by atoms with Crippen molar-refractivity contribution in [3.63, 3.8) is 0 Å². The number of fused-ring (bicyclic) bond motifs is 1. The number of primary amides is 1. The highest BCUT2D eigenvalue weighted by molar-refractivity contribution is 7.52. The number of ether oxygens (including phenoxy) is 2. The van der Waals surface area contributed by atoms with E-state index in [1.54, 1.807) is 0 Å². The number of carbonyl (C=O) groups excluding carboxylic acids is 1. The molecule has 1 amide bonds. The Kier molecular flexibility index (Phi) is 11.4. The third kappa shape index (κ3) is 8.16. The van der Waals surface area contributed by atoms with Gasteiger partial charge in [-0.25, -0.2) is 0 Å². The number of nitro benzene ring substituents is 1. The van der Waals surface area contributed by atoms with Crippen molar-refractivity contribution < 1.29 is 85.9 Å². The zero-order valence-electron chi connectivity index (χ0n) is 23.7. The number of hydrogen-bond donors (Lipinski definition) is 9. The van der Waals surface area contributed by atoms with Crippen LogP contribution in [0.2, 0.25) is 0 Å². The minimum Gasteiger partial charge on any atom is -0.462 e. The van der Waals surface area contributed by atoms with Crippen LogP contribution in [-0.4, -0.2) is 88.1 Å². The molecule has 0 radical (unpaired) electrons. The standard InChI is InChI=1S/C13H16N2O9.C12H10F4O6P2/c14-12(20)5-1-6(15(21)22)3-7(2-5)23-13-11(19)10(18)9(17)8(4-16)24-13;13-11(14,23(17,18)19)9-3-1-7-2-4-10(6-8(7)5-9)12(15,16)24(20,21)22/h1-3,8-11,13,16-19H,4H2,(H2,14,20);1-6H,(H2,17,18,19)(H2,20,21,22)/t8-,9+,10+,11-,13+;/m1./s1. The Hall–Kier alpha value is -3.59. The zero-order valence-corrected chi connectivity index (χ0v) is 25.4. The molecule has 264 valence electrons. The molecule has 3 aromatic rings. The molecule has 0 bridgehead atoms. The van der Waals surface area contributed by atoms with E-state index >= 15 is 0 Å². The van der Waals surface area contributed by atoms with Gasteiger partial charge in [0.2, 0.25) is 12.2 Å².